The molecule has 0 spiro atoms. The topological polar surface area (TPSA) is 114 Å². The number of amides is 1. The fourth-order valence-corrected chi connectivity index (χ4v) is 3.33. The van der Waals surface area contributed by atoms with Gasteiger partial charge in [-0.3, -0.25) is 24.2 Å². The summed E-state index contributed by atoms with van der Waals surface area (Å²) in [5.41, 5.74) is 3.91. The molecule has 1 aromatic carbocycles. The maximum absolute atomic E-state index is 12.7. The molecule has 0 saturated carbocycles. The fourth-order valence-electron chi connectivity index (χ4n) is 3.33. The molecule has 9 nitrogen and oxygen atoms in total. The maximum Gasteiger partial charge on any atom is 0.303 e. The molecule has 2 aromatic heterocycles. The van der Waals surface area contributed by atoms with Crippen molar-refractivity contribution >= 4 is 28.6 Å². The summed E-state index contributed by atoms with van der Waals surface area (Å²) < 4.78 is 1.70. The molecule has 1 atom stereocenters. The molecule has 0 aliphatic carbocycles. The van der Waals surface area contributed by atoms with Crippen molar-refractivity contribution in [2.24, 2.45) is 12.1 Å². The minimum atomic E-state index is -1.01. The van der Waals surface area contributed by atoms with E-state index in [0.29, 0.717) is 6.42 Å². The highest BCUT2D eigenvalue weighted by molar-refractivity contribution is 6.02. The van der Waals surface area contributed by atoms with Crippen LogP contribution in [0.1, 0.15) is 36.6 Å². The second-order valence-electron chi connectivity index (χ2n) is 6.54. The Labute approximate surface area is 160 Å². The highest BCUT2D eigenvalue weighted by Gasteiger charge is 2.34. The maximum atomic E-state index is 12.7. The summed E-state index contributed by atoms with van der Waals surface area (Å²) in [4.78, 5) is 32.2. The van der Waals surface area contributed by atoms with Gasteiger partial charge in [0.1, 0.15) is 0 Å². The first kappa shape index (κ1) is 17.8. The molecule has 28 heavy (non-hydrogen) atoms. The molecule has 0 radical (unpaired) electrons. The number of fused-ring (bicyclic) bond motifs is 1. The molecule has 1 aliphatic heterocycles. The van der Waals surface area contributed by atoms with E-state index in [0.717, 1.165) is 28.0 Å². The average Bonchev–Trinajstić information content (AvgIpc) is 3.32. The number of hydrogen-bond acceptors (Lipinski definition) is 6. The van der Waals surface area contributed by atoms with Crippen LogP contribution in [0.5, 0.6) is 0 Å². The Kier molecular flexibility index (Phi) is 4.56. The lowest BCUT2D eigenvalue weighted by Crippen LogP contribution is -2.27. The van der Waals surface area contributed by atoms with E-state index in [4.69, 9.17) is 5.11 Å². The summed E-state index contributed by atoms with van der Waals surface area (Å²) in [6.07, 6.45) is 5.08. The zero-order valence-electron chi connectivity index (χ0n) is 15.2. The molecular formula is C19H18N6O3. The number of carbonyl (C=O) groups is 2. The Morgan fingerprint density at radius 1 is 1.11 bits per heavy atom. The quantitative estimate of drug-likeness (QED) is 0.725. The molecule has 4 rings (SSSR count). The van der Waals surface area contributed by atoms with E-state index >= 15 is 0 Å². The molecule has 0 saturated heterocycles. The molecule has 9 heteroatoms. The third-order valence-corrected chi connectivity index (χ3v) is 4.71. The van der Waals surface area contributed by atoms with Gasteiger partial charge in [-0.1, -0.05) is 6.07 Å². The number of aromatic nitrogens is 4. The van der Waals surface area contributed by atoms with Crippen LogP contribution in [0.15, 0.2) is 48.0 Å². The van der Waals surface area contributed by atoms with Crippen LogP contribution in [0.4, 0.5) is 0 Å². The molecular weight excluding hydrogens is 360 g/mol. The number of aryl methyl sites for hydroxylation is 1. The van der Waals surface area contributed by atoms with Crippen molar-refractivity contribution in [3.8, 4) is 0 Å². The lowest BCUT2D eigenvalue weighted by atomic mass is 9.99. The summed E-state index contributed by atoms with van der Waals surface area (Å²) in [5.74, 6) is -1.34. The van der Waals surface area contributed by atoms with Crippen LogP contribution in [-0.2, 0) is 16.6 Å². The van der Waals surface area contributed by atoms with Crippen molar-refractivity contribution in [1.82, 2.24) is 24.8 Å². The SMILES string of the molecule is Cn1nccc1C1=NN(C(=O)CCC(=O)O)[C@H](c2ccc3nccnc3c2)C1. The standard InChI is InChI=1S/C19H18N6O3/c1-24-16(6-7-22-24)15-11-17(25(23-15)18(26)4-5-19(27)28)12-2-3-13-14(10-12)21-9-8-20-13/h2-3,6-10,17H,4-5,11H2,1H3,(H,27,28)/t17-/m0/s1. The number of aliphatic carboxylic acids is 1. The van der Waals surface area contributed by atoms with Gasteiger partial charge in [0, 0.05) is 38.5 Å². The monoisotopic (exact) mass is 378 g/mol. The van der Waals surface area contributed by atoms with E-state index < -0.39 is 5.97 Å². The van der Waals surface area contributed by atoms with E-state index in [2.05, 4.69) is 20.2 Å². The van der Waals surface area contributed by atoms with Crippen LogP contribution < -0.4 is 0 Å². The van der Waals surface area contributed by atoms with E-state index in [1.54, 1.807) is 23.3 Å². The largest absolute Gasteiger partial charge is 0.481 e. The van der Waals surface area contributed by atoms with Crippen molar-refractivity contribution in [3.63, 3.8) is 0 Å². The molecule has 1 N–H and O–H groups in total. The number of benzene rings is 1. The van der Waals surface area contributed by atoms with Crippen LogP contribution in [0.25, 0.3) is 11.0 Å². The molecule has 3 heterocycles. The highest BCUT2D eigenvalue weighted by Crippen LogP contribution is 2.34. The Morgan fingerprint density at radius 3 is 2.61 bits per heavy atom. The molecule has 0 bridgehead atoms. The Morgan fingerprint density at radius 2 is 1.89 bits per heavy atom. The van der Waals surface area contributed by atoms with Gasteiger partial charge >= 0.3 is 5.97 Å². The predicted molar refractivity (Wildman–Crippen MR) is 100 cm³/mol. The van der Waals surface area contributed by atoms with Crippen molar-refractivity contribution in [2.45, 2.75) is 25.3 Å². The summed E-state index contributed by atoms with van der Waals surface area (Å²) in [7, 11) is 1.81. The zero-order valence-corrected chi connectivity index (χ0v) is 15.2. The van der Waals surface area contributed by atoms with Gasteiger partial charge in [-0.25, -0.2) is 5.01 Å². The number of carboxylic acid groups (broad SMARTS) is 1. The van der Waals surface area contributed by atoms with Crippen molar-refractivity contribution in [3.05, 3.63) is 54.1 Å². The van der Waals surface area contributed by atoms with E-state index in [9.17, 15) is 9.59 Å². The third kappa shape index (κ3) is 3.34. The van der Waals surface area contributed by atoms with Crippen molar-refractivity contribution < 1.29 is 14.7 Å². The normalized spacial score (nSPS) is 16.4. The number of hydrogen-bond donors (Lipinski definition) is 1. The van der Waals surface area contributed by atoms with Crippen LogP contribution in [0, 0.1) is 0 Å². The lowest BCUT2D eigenvalue weighted by molar-refractivity contribution is -0.141. The van der Waals surface area contributed by atoms with Crippen LogP contribution in [0.2, 0.25) is 0 Å². The van der Waals surface area contributed by atoms with Crippen LogP contribution in [0.3, 0.4) is 0 Å². The Balaban J connectivity index is 1.69. The minimum Gasteiger partial charge on any atom is -0.481 e. The summed E-state index contributed by atoms with van der Waals surface area (Å²) >= 11 is 0. The van der Waals surface area contributed by atoms with Gasteiger partial charge in [0.2, 0.25) is 5.91 Å². The molecule has 142 valence electrons. The molecule has 0 unspecified atom stereocenters. The first-order valence-electron chi connectivity index (χ1n) is 8.83. The number of carbonyl (C=O) groups excluding carboxylic acids is 1. The Hall–Kier alpha value is -3.62. The second-order valence-corrected chi connectivity index (χ2v) is 6.54. The third-order valence-electron chi connectivity index (χ3n) is 4.71. The van der Waals surface area contributed by atoms with Gasteiger partial charge in [0.25, 0.3) is 0 Å². The van der Waals surface area contributed by atoms with Gasteiger partial charge in [-0.15, -0.1) is 0 Å². The highest BCUT2D eigenvalue weighted by atomic mass is 16.4. The molecule has 0 fully saturated rings. The van der Waals surface area contributed by atoms with Gasteiger partial charge in [-0.05, 0) is 23.8 Å². The Bertz CT molecular complexity index is 1090. The summed E-state index contributed by atoms with van der Waals surface area (Å²) in [5, 5.41) is 19.0. The molecule has 1 amide bonds. The summed E-state index contributed by atoms with van der Waals surface area (Å²) in [6, 6.07) is 7.16. The number of carboxylic acids is 1. The van der Waals surface area contributed by atoms with Gasteiger partial charge in [0.15, 0.2) is 0 Å². The number of nitrogens with zero attached hydrogens (tertiary/aromatic N) is 6. The van der Waals surface area contributed by atoms with Crippen molar-refractivity contribution in [1.29, 1.82) is 0 Å². The van der Waals surface area contributed by atoms with E-state index in [1.807, 2.05) is 31.3 Å². The lowest BCUT2D eigenvalue weighted by Gasteiger charge is -2.22. The smallest absolute Gasteiger partial charge is 0.303 e. The van der Waals surface area contributed by atoms with Gasteiger partial charge < -0.3 is 5.11 Å². The number of rotatable bonds is 5. The van der Waals surface area contributed by atoms with Gasteiger partial charge in [0.05, 0.1) is 34.9 Å². The molecule has 1 aliphatic rings. The van der Waals surface area contributed by atoms with E-state index in [-0.39, 0.29) is 24.8 Å². The first-order valence-corrected chi connectivity index (χ1v) is 8.83. The second kappa shape index (κ2) is 7.18. The predicted octanol–water partition coefficient (Wildman–Crippen LogP) is 1.91. The minimum absolute atomic E-state index is 0.110. The fraction of sp³-hybridized carbons (Fsp3) is 0.263. The zero-order chi connectivity index (χ0) is 19.7. The van der Waals surface area contributed by atoms with Crippen LogP contribution >= 0.6 is 0 Å². The molecule has 3 aromatic rings. The van der Waals surface area contributed by atoms with Gasteiger partial charge in [-0.2, -0.15) is 10.2 Å². The van der Waals surface area contributed by atoms with E-state index in [1.165, 1.54) is 5.01 Å². The van der Waals surface area contributed by atoms with Crippen LogP contribution in [-0.4, -0.2) is 47.5 Å². The van der Waals surface area contributed by atoms with Crippen molar-refractivity contribution in [2.75, 3.05) is 0 Å². The summed E-state index contributed by atoms with van der Waals surface area (Å²) in [6.45, 7) is 0. The first-order chi connectivity index (χ1) is 13.5. The average molecular weight is 378 g/mol. The number of hydrazone groups is 1.